The van der Waals surface area contributed by atoms with Gasteiger partial charge in [0.1, 0.15) is 6.04 Å². The molecule has 7 heteroatoms. The summed E-state index contributed by atoms with van der Waals surface area (Å²) in [6.07, 6.45) is 5.70. The second kappa shape index (κ2) is 18.0. The molecule has 0 aromatic heterocycles. The summed E-state index contributed by atoms with van der Waals surface area (Å²) in [4.78, 5) is 27.8. The summed E-state index contributed by atoms with van der Waals surface area (Å²) in [5, 5.41) is 12.4. The lowest BCUT2D eigenvalue weighted by Crippen LogP contribution is -2.41. The first-order chi connectivity index (χ1) is 21.1. The third-order valence-electron chi connectivity index (χ3n) is 8.11. The summed E-state index contributed by atoms with van der Waals surface area (Å²) in [5.41, 5.74) is 5.94. The van der Waals surface area contributed by atoms with Crippen LogP contribution in [0.2, 0.25) is 0 Å². The lowest BCUT2D eigenvalue weighted by molar-refractivity contribution is -0.139. The van der Waals surface area contributed by atoms with Crippen molar-refractivity contribution >= 4 is 23.6 Å². The van der Waals surface area contributed by atoms with Crippen LogP contribution in [0.25, 0.3) is 11.1 Å². The Morgan fingerprint density at radius 3 is 2.32 bits per heavy atom. The van der Waals surface area contributed by atoms with E-state index in [2.05, 4.69) is 67.4 Å². The van der Waals surface area contributed by atoms with Gasteiger partial charge in [0.05, 0.1) is 0 Å². The van der Waals surface area contributed by atoms with E-state index in [1.165, 1.54) is 18.4 Å². The van der Waals surface area contributed by atoms with Gasteiger partial charge in [-0.15, -0.1) is 0 Å². The number of carboxylic acid groups (broad SMARTS) is 1. The monoisotopic (exact) mass is 618 g/mol. The van der Waals surface area contributed by atoms with Gasteiger partial charge >= 0.3 is 5.97 Å². The summed E-state index contributed by atoms with van der Waals surface area (Å²) in [6, 6.07) is 24.8. The van der Waals surface area contributed by atoms with Crippen molar-refractivity contribution in [1.29, 1.82) is 0 Å². The van der Waals surface area contributed by atoms with Gasteiger partial charge in [0, 0.05) is 37.9 Å². The quantitative estimate of drug-likeness (QED) is 0.207. The van der Waals surface area contributed by atoms with Crippen molar-refractivity contribution < 1.29 is 19.4 Å². The van der Waals surface area contributed by atoms with E-state index in [4.69, 9.17) is 4.74 Å². The van der Waals surface area contributed by atoms with Crippen LogP contribution in [-0.2, 0) is 22.5 Å². The van der Waals surface area contributed by atoms with Crippen LogP contribution in [-0.4, -0.2) is 65.7 Å². The third-order valence-corrected chi connectivity index (χ3v) is 8.75. The van der Waals surface area contributed by atoms with Crippen molar-refractivity contribution in [2.45, 2.75) is 78.0 Å². The number of thioether (sulfide) groups is 1. The Morgan fingerprint density at radius 1 is 1.00 bits per heavy atom. The van der Waals surface area contributed by atoms with Crippen LogP contribution in [0, 0.1) is 12.8 Å². The molecule has 6 nitrogen and oxygen atoms in total. The number of aliphatic carboxylic acids is 1. The number of hydrogen-bond acceptors (Lipinski definition) is 5. The first-order valence-corrected chi connectivity index (χ1v) is 17.0. The van der Waals surface area contributed by atoms with Crippen LogP contribution in [0.5, 0.6) is 0 Å². The topological polar surface area (TPSA) is 78.9 Å². The van der Waals surface area contributed by atoms with Gasteiger partial charge < -0.3 is 15.2 Å². The molecule has 1 aliphatic rings. The first kappa shape index (κ1) is 35.4. The molecule has 1 fully saturated rings. The Labute approximate surface area is 268 Å². The van der Waals surface area contributed by atoms with Gasteiger partial charge in [-0.25, -0.2) is 4.79 Å². The van der Waals surface area contributed by atoms with Gasteiger partial charge in [-0.05, 0) is 97.4 Å². The molecule has 1 aliphatic heterocycles. The summed E-state index contributed by atoms with van der Waals surface area (Å²) >= 11 is 1.57. The molecule has 2 N–H and O–H groups in total. The molecule has 1 heterocycles. The molecule has 3 aromatic rings. The van der Waals surface area contributed by atoms with Crippen molar-refractivity contribution in [3.05, 3.63) is 95.1 Å². The third kappa shape index (κ3) is 10.5. The maximum atomic E-state index is 13.4. The highest BCUT2D eigenvalue weighted by molar-refractivity contribution is 7.98. The zero-order valence-electron chi connectivity index (χ0n) is 27.2. The molecule has 0 radical (unpaired) electrons. The van der Waals surface area contributed by atoms with Gasteiger partial charge in [-0.1, -0.05) is 74.5 Å². The van der Waals surface area contributed by atoms with Crippen molar-refractivity contribution in [2.75, 3.05) is 25.7 Å². The van der Waals surface area contributed by atoms with E-state index in [0.29, 0.717) is 35.7 Å². The predicted molar refractivity (Wildman–Crippen MR) is 183 cm³/mol. The Balaban J connectivity index is 0.000000801. The zero-order chi connectivity index (χ0) is 32.1. The summed E-state index contributed by atoms with van der Waals surface area (Å²) in [7, 11) is 1.72. The van der Waals surface area contributed by atoms with Crippen molar-refractivity contribution in [3.63, 3.8) is 0 Å². The van der Waals surface area contributed by atoms with Crippen LogP contribution < -0.4 is 5.32 Å². The second-order valence-corrected chi connectivity index (χ2v) is 13.1. The minimum Gasteiger partial charge on any atom is -0.480 e. The zero-order valence-corrected chi connectivity index (χ0v) is 28.0. The summed E-state index contributed by atoms with van der Waals surface area (Å²) in [5.74, 6) is -0.0114. The fraction of sp³-hybridized carbons (Fsp3) is 0.459. The minimum absolute atomic E-state index is 0.347. The average molecular weight is 619 g/mol. The van der Waals surface area contributed by atoms with E-state index in [1.807, 2.05) is 49.6 Å². The molecule has 2 unspecified atom stereocenters. The van der Waals surface area contributed by atoms with Crippen LogP contribution in [0.3, 0.4) is 0 Å². The molecule has 0 saturated carbocycles. The van der Waals surface area contributed by atoms with Crippen LogP contribution in [0.1, 0.15) is 67.1 Å². The van der Waals surface area contributed by atoms with Crippen molar-refractivity contribution in [2.24, 2.45) is 5.92 Å². The molecule has 1 amide bonds. The van der Waals surface area contributed by atoms with Gasteiger partial charge in [0.15, 0.2) is 0 Å². The highest BCUT2D eigenvalue weighted by Crippen LogP contribution is 2.32. The highest BCUT2D eigenvalue weighted by Gasteiger charge is 2.31. The summed E-state index contributed by atoms with van der Waals surface area (Å²) < 4.78 is 4.80. The number of ether oxygens (including phenoxy) is 1. The fourth-order valence-corrected chi connectivity index (χ4v) is 6.25. The number of nitrogens with one attached hydrogen (secondary N) is 1. The molecule has 44 heavy (non-hydrogen) atoms. The number of amides is 1. The first-order valence-electron chi connectivity index (χ1n) is 15.6. The molecule has 1 saturated heterocycles. The van der Waals surface area contributed by atoms with Crippen LogP contribution in [0.15, 0.2) is 72.8 Å². The largest absolute Gasteiger partial charge is 0.480 e. The number of hydrogen-bond donors (Lipinski definition) is 2. The van der Waals surface area contributed by atoms with Gasteiger partial charge in [0.25, 0.3) is 5.91 Å². The average Bonchev–Trinajstić information content (AvgIpc) is 3.34. The predicted octanol–water partition coefficient (Wildman–Crippen LogP) is 7.48. The molecule has 0 aliphatic carbocycles. The number of rotatable bonds is 13. The molecule has 0 spiro atoms. The molecule has 3 aromatic carbocycles. The number of nitrogens with zero attached hydrogens (tertiary/aromatic N) is 1. The molecule has 238 valence electrons. The number of carboxylic acids is 1. The van der Waals surface area contributed by atoms with Crippen LogP contribution >= 0.6 is 11.8 Å². The summed E-state index contributed by atoms with van der Waals surface area (Å²) in [6.45, 7) is 10.3. The second-order valence-electron chi connectivity index (χ2n) is 12.1. The van der Waals surface area contributed by atoms with E-state index in [0.717, 1.165) is 41.8 Å². The fourth-order valence-electron chi connectivity index (χ4n) is 5.77. The molecule has 0 bridgehead atoms. The molecule has 3 atom stereocenters. The van der Waals surface area contributed by atoms with E-state index in [1.54, 1.807) is 18.9 Å². The molecule has 4 rings (SSSR count). The number of likely N-dealkylation sites (tertiary alicyclic amines) is 1. The maximum absolute atomic E-state index is 13.4. The lowest BCUT2D eigenvalue weighted by Gasteiger charge is -2.29. The Kier molecular flexibility index (Phi) is 14.5. The van der Waals surface area contributed by atoms with Crippen molar-refractivity contribution in [3.8, 4) is 11.1 Å². The normalized spacial score (nSPS) is 17.2. The number of methoxy groups -OCH3 is 1. The number of aryl methyl sites for hydroxylation is 1. The number of carbonyl (C=O) groups excluding carboxylic acids is 1. The van der Waals surface area contributed by atoms with Gasteiger partial charge in [-0.3, -0.25) is 9.69 Å². The minimum atomic E-state index is -1.01. The Morgan fingerprint density at radius 2 is 1.70 bits per heavy atom. The molecular weight excluding hydrogens is 568 g/mol. The van der Waals surface area contributed by atoms with E-state index < -0.39 is 12.0 Å². The maximum Gasteiger partial charge on any atom is 0.326 e. The standard InChI is InChI=1S/C32H38N2O3S.C5H12O/c1-22-9-7-8-12-27(22)29-20-25(14-16-28(29)31(35)33-30(32(36)37)17-18-38-3)21-34-23(2)13-15-26(34)19-24-10-5-4-6-11-24;1-5(2)4-6-3/h4-12,14,16,20,23,26,30H,13,15,17-19,21H2,1-3H3,(H,33,35)(H,36,37);5H,4H2,1-3H3/t23-,26?,30?;/m0./s1. The van der Waals surface area contributed by atoms with Crippen molar-refractivity contribution in [1.82, 2.24) is 10.2 Å². The Hall–Kier alpha value is -3.13. The SMILES string of the molecule is COCC(C)C.CSCCC(NC(=O)c1ccc(CN2C(Cc3ccccc3)CC[C@@H]2C)cc1-c1ccccc1C)C(=O)O. The number of carbonyl (C=O) groups is 2. The van der Waals surface area contributed by atoms with Gasteiger partial charge in [0.2, 0.25) is 0 Å². The number of benzene rings is 3. The molecular formula is C37H50N2O4S. The van der Waals surface area contributed by atoms with Gasteiger partial charge in [-0.2, -0.15) is 11.8 Å². The van der Waals surface area contributed by atoms with E-state index in [-0.39, 0.29) is 5.91 Å². The Bertz CT molecular complexity index is 1330. The van der Waals surface area contributed by atoms with E-state index >= 15 is 0 Å². The lowest BCUT2D eigenvalue weighted by atomic mass is 9.93. The highest BCUT2D eigenvalue weighted by atomic mass is 32.2. The van der Waals surface area contributed by atoms with Crippen LogP contribution in [0.4, 0.5) is 0 Å². The smallest absolute Gasteiger partial charge is 0.326 e. The van der Waals surface area contributed by atoms with E-state index in [9.17, 15) is 14.7 Å².